The summed E-state index contributed by atoms with van der Waals surface area (Å²) in [5.74, 6) is 0.764. The number of nitrogens with zero attached hydrogens (tertiary/aromatic N) is 3. The van der Waals surface area contributed by atoms with Crippen LogP contribution in [0.1, 0.15) is 26.7 Å². The molecule has 0 N–H and O–H groups in total. The van der Waals surface area contributed by atoms with Crippen LogP contribution in [-0.2, 0) is 9.59 Å². The molecule has 0 saturated carbocycles. The number of hydrogen-bond acceptors (Lipinski definition) is 4. The van der Waals surface area contributed by atoms with E-state index < -0.39 is 0 Å². The van der Waals surface area contributed by atoms with Crippen molar-refractivity contribution >= 4 is 28.8 Å². The Labute approximate surface area is 141 Å². The second-order valence-electron chi connectivity index (χ2n) is 7.21. The molecule has 2 amide bonds. The molecular formula is C17H25N3O2S. The van der Waals surface area contributed by atoms with Gasteiger partial charge < -0.3 is 9.80 Å². The van der Waals surface area contributed by atoms with E-state index in [4.69, 9.17) is 0 Å². The number of anilines is 1. The summed E-state index contributed by atoms with van der Waals surface area (Å²) < 4.78 is 0. The van der Waals surface area contributed by atoms with E-state index in [-0.39, 0.29) is 17.4 Å². The van der Waals surface area contributed by atoms with Crippen LogP contribution in [0.5, 0.6) is 0 Å². The normalized spacial score (nSPS) is 25.8. The van der Waals surface area contributed by atoms with Gasteiger partial charge in [0.25, 0.3) is 0 Å². The first-order valence-electron chi connectivity index (χ1n) is 8.23. The van der Waals surface area contributed by atoms with Crippen molar-refractivity contribution in [1.82, 2.24) is 9.80 Å². The molecule has 6 heteroatoms. The Hall–Kier alpha value is -1.40. The van der Waals surface area contributed by atoms with E-state index in [0.29, 0.717) is 25.4 Å². The maximum absolute atomic E-state index is 12.4. The molecule has 0 aromatic carbocycles. The lowest BCUT2D eigenvalue weighted by molar-refractivity contribution is -0.131. The number of carbonyl (C=O) groups excluding carboxylic acids is 2. The molecule has 2 aliphatic rings. The maximum atomic E-state index is 12.4. The van der Waals surface area contributed by atoms with E-state index in [1.807, 2.05) is 33.7 Å². The molecule has 2 aliphatic heterocycles. The first kappa shape index (κ1) is 16.5. The molecule has 3 heterocycles. The number of likely N-dealkylation sites (N-methyl/N-ethyl adjacent to an activating group) is 1. The van der Waals surface area contributed by atoms with Gasteiger partial charge in [-0.25, -0.2) is 0 Å². The molecule has 0 bridgehead atoms. The molecule has 0 radical (unpaired) electrons. The SMILES string of the molecule is CC(C)CC(=O)N1CC[C@]2(C1)CN(c1ccsc1)C(=O)CN2C. The van der Waals surface area contributed by atoms with Gasteiger partial charge in [0, 0.05) is 31.4 Å². The summed E-state index contributed by atoms with van der Waals surface area (Å²) in [5.41, 5.74) is 0.877. The summed E-state index contributed by atoms with van der Waals surface area (Å²) >= 11 is 1.61. The number of carbonyl (C=O) groups is 2. The Morgan fingerprint density at radius 3 is 2.83 bits per heavy atom. The lowest BCUT2D eigenvalue weighted by atomic mass is 9.93. The summed E-state index contributed by atoms with van der Waals surface area (Å²) in [6, 6.07) is 2.00. The van der Waals surface area contributed by atoms with Crippen LogP contribution in [0, 0.1) is 5.92 Å². The largest absolute Gasteiger partial charge is 0.341 e. The van der Waals surface area contributed by atoms with E-state index in [1.165, 1.54) is 0 Å². The van der Waals surface area contributed by atoms with Gasteiger partial charge in [0.05, 0.1) is 17.8 Å². The van der Waals surface area contributed by atoms with Crippen molar-refractivity contribution in [2.75, 3.05) is 38.1 Å². The molecular weight excluding hydrogens is 310 g/mol. The van der Waals surface area contributed by atoms with E-state index in [9.17, 15) is 9.59 Å². The van der Waals surface area contributed by atoms with Crippen molar-refractivity contribution in [3.8, 4) is 0 Å². The lowest BCUT2D eigenvalue weighted by Crippen LogP contribution is -2.64. The molecule has 1 spiro atoms. The van der Waals surface area contributed by atoms with E-state index in [0.717, 1.165) is 25.2 Å². The first-order valence-corrected chi connectivity index (χ1v) is 9.17. The quantitative estimate of drug-likeness (QED) is 0.849. The van der Waals surface area contributed by atoms with Crippen LogP contribution in [0.25, 0.3) is 0 Å². The number of rotatable bonds is 3. The topological polar surface area (TPSA) is 43.9 Å². The van der Waals surface area contributed by atoms with Crippen LogP contribution >= 0.6 is 11.3 Å². The number of hydrogen-bond donors (Lipinski definition) is 0. The lowest BCUT2D eigenvalue weighted by Gasteiger charge is -2.46. The van der Waals surface area contributed by atoms with E-state index >= 15 is 0 Å². The van der Waals surface area contributed by atoms with Gasteiger partial charge in [-0.15, -0.1) is 0 Å². The van der Waals surface area contributed by atoms with Gasteiger partial charge in [0.15, 0.2) is 0 Å². The van der Waals surface area contributed by atoms with Crippen molar-refractivity contribution in [3.05, 3.63) is 16.8 Å². The number of amides is 2. The second kappa shape index (κ2) is 6.24. The van der Waals surface area contributed by atoms with Crippen molar-refractivity contribution < 1.29 is 9.59 Å². The Kier molecular flexibility index (Phi) is 4.47. The van der Waals surface area contributed by atoms with Crippen LogP contribution in [0.2, 0.25) is 0 Å². The smallest absolute Gasteiger partial charge is 0.241 e. The van der Waals surface area contributed by atoms with E-state index in [2.05, 4.69) is 18.7 Å². The zero-order valence-electron chi connectivity index (χ0n) is 14.1. The highest BCUT2D eigenvalue weighted by Crippen LogP contribution is 2.34. The van der Waals surface area contributed by atoms with Gasteiger partial charge in [-0.1, -0.05) is 13.8 Å². The molecule has 5 nitrogen and oxygen atoms in total. The fourth-order valence-electron chi connectivity index (χ4n) is 3.59. The fraction of sp³-hybridized carbons (Fsp3) is 0.647. The van der Waals surface area contributed by atoms with Crippen molar-refractivity contribution in [2.24, 2.45) is 5.92 Å². The molecule has 23 heavy (non-hydrogen) atoms. The summed E-state index contributed by atoms with van der Waals surface area (Å²) in [5, 5.41) is 4.02. The Morgan fingerprint density at radius 2 is 2.17 bits per heavy atom. The molecule has 3 rings (SSSR count). The van der Waals surface area contributed by atoms with Gasteiger partial charge in [0.1, 0.15) is 0 Å². The van der Waals surface area contributed by atoms with Gasteiger partial charge >= 0.3 is 0 Å². The molecule has 1 aromatic rings. The number of thiophene rings is 1. The standard InChI is InChI=1S/C17H25N3O2S/c1-13(2)8-15(21)19-6-5-17(11-19)12-20(14-4-7-23-10-14)16(22)9-18(17)3/h4,7,10,13H,5-6,8-9,11-12H2,1-3H3/t17-/m0/s1. The minimum Gasteiger partial charge on any atom is -0.341 e. The van der Waals surface area contributed by atoms with Crippen LogP contribution in [0.15, 0.2) is 16.8 Å². The average Bonchev–Trinajstić information content (AvgIpc) is 3.13. The van der Waals surface area contributed by atoms with Crippen LogP contribution < -0.4 is 4.90 Å². The monoisotopic (exact) mass is 335 g/mol. The Balaban J connectivity index is 1.76. The molecule has 2 fully saturated rings. The summed E-state index contributed by atoms with van der Waals surface area (Å²) in [4.78, 5) is 30.8. The summed E-state index contributed by atoms with van der Waals surface area (Å²) in [6.07, 6.45) is 1.54. The highest BCUT2D eigenvalue weighted by atomic mass is 32.1. The Morgan fingerprint density at radius 1 is 1.39 bits per heavy atom. The molecule has 1 atom stereocenters. The number of likely N-dealkylation sites (tertiary alicyclic amines) is 1. The third-order valence-electron chi connectivity index (χ3n) is 5.02. The maximum Gasteiger partial charge on any atom is 0.241 e. The van der Waals surface area contributed by atoms with Gasteiger partial charge in [-0.2, -0.15) is 11.3 Å². The molecule has 0 unspecified atom stereocenters. The minimum absolute atomic E-state index is 0.109. The summed E-state index contributed by atoms with van der Waals surface area (Å²) in [6.45, 7) is 6.76. The third kappa shape index (κ3) is 3.15. The zero-order chi connectivity index (χ0) is 16.6. The predicted octanol–water partition coefficient (Wildman–Crippen LogP) is 2.04. The van der Waals surface area contributed by atoms with Crippen LogP contribution in [0.4, 0.5) is 5.69 Å². The molecule has 0 aliphatic carbocycles. The van der Waals surface area contributed by atoms with E-state index in [1.54, 1.807) is 11.3 Å². The van der Waals surface area contributed by atoms with Gasteiger partial charge in [-0.3, -0.25) is 14.5 Å². The molecule has 2 saturated heterocycles. The van der Waals surface area contributed by atoms with Crippen molar-refractivity contribution in [3.63, 3.8) is 0 Å². The number of piperazine rings is 1. The molecule has 126 valence electrons. The van der Waals surface area contributed by atoms with Gasteiger partial charge in [-0.05, 0) is 30.8 Å². The zero-order valence-corrected chi connectivity index (χ0v) is 14.9. The highest BCUT2D eigenvalue weighted by molar-refractivity contribution is 7.08. The third-order valence-corrected chi connectivity index (χ3v) is 5.69. The van der Waals surface area contributed by atoms with Crippen molar-refractivity contribution in [2.45, 2.75) is 32.2 Å². The predicted molar refractivity (Wildman–Crippen MR) is 92.7 cm³/mol. The second-order valence-corrected chi connectivity index (χ2v) is 7.99. The molecule has 1 aromatic heterocycles. The van der Waals surface area contributed by atoms with Gasteiger partial charge in [0.2, 0.25) is 11.8 Å². The first-order chi connectivity index (χ1) is 10.9. The van der Waals surface area contributed by atoms with Crippen LogP contribution in [-0.4, -0.2) is 60.4 Å². The fourth-order valence-corrected chi connectivity index (χ4v) is 4.24. The van der Waals surface area contributed by atoms with Crippen molar-refractivity contribution in [1.29, 1.82) is 0 Å². The summed E-state index contributed by atoms with van der Waals surface area (Å²) in [7, 11) is 2.01. The average molecular weight is 335 g/mol. The van der Waals surface area contributed by atoms with Crippen LogP contribution in [0.3, 0.4) is 0 Å². The highest BCUT2D eigenvalue weighted by Gasteiger charge is 2.48. The Bertz CT molecular complexity index is 587. The minimum atomic E-state index is -0.109.